The molecular formula is C10H10F3NO2. The molecule has 0 radical (unpaired) electrons. The van der Waals surface area contributed by atoms with Crippen molar-refractivity contribution in [1.82, 2.24) is 4.98 Å². The van der Waals surface area contributed by atoms with Gasteiger partial charge in [0.05, 0.1) is 13.5 Å². The van der Waals surface area contributed by atoms with Gasteiger partial charge in [-0.1, -0.05) is 0 Å². The monoisotopic (exact) mass is 233 g/mol. The van der Waals surface area contributed by atoms with Crippen molar-refractivity contribution in [3.05, 3.63) is 28.8 Å². The van der Waals surface area contributed by atoms with E-state index in [1.807, 2.05) is 0 Å². The largest absolute Gasteiger partial charge is 0.469 e. The number of ether oxygens (including phenoxy) is 1. The molecule has 0 aromatic carbocycles. The summed E-state index contributed by atoms with van der Waals surface area (Å²) in [7, 11) is 1.15. The Morgan fingerprint density at radius 3 is 2.69 bits per heavy atom. The summed E-state index contributed by atoms with van der Waals surface area (Å²) < 4.78 is 42.4. The number of methoxy groups -OCH3 is 1. The van der Waals surface area contributed by atoms with E-state index >= 15 is 0 Å². The van der Waals surface area contributed by atoms with Crippen LogP contribution in [0.3, 0.4) is 0 Å². The molecule has 0 atom stereocenters. The fourth-order valence-corrected chi connectivity index (χ4v) is 1.33. The Balaban J connectivity index is 3.19. The van der Waals surface area contributed by atoms with Gasteiger partial charge in [0.2, 0.25) is 5.95 Å². The fourth-order valence-electron chi connectivity index (χ4n) is 1.33. The van der Waals surface area contributed by atoms with E-state index in [4.69, 9.17) is 0 Å². The van der Waals surface area contributed by atoms with E-state index in [2.05, 4.69) is 9.72 Å². The standard InChI is InChI=1S/C10H10F3NO2/c1-5-6(4-9(15)16-2)7(10(12)13)3-8(11)14-5/h3,10H,4H2,1-2H3. The molecule has 0 saturated heterocycles. The van der Waals surface area contributed by atoms with E-state index in [9.17, 15) is 18.0 Å². The van der Waals surface area contributed by atoms with Crippen LogP contribution in [0.1, 0.15) is 23.2 Å². The second-order valence-corrected chi connectivity index (χ2v) is 3.15. The highest BCUT2D eigenvalue weighted by molar-refractivity contribution is 5.73. The molecule has 0 N–H and O–H groups in total. The van der Waals surface area contributed by atoms with Gasteiger partial charge in [0.25, 0.3) is 6.43 Å². The number of rotatable bonds is 3. The van der Waals surface area contributed by atoms with Crippen LogP contribution in [0.4, 0.5) is 13.2 Å². The van der Waals surface area contributed by atoms with Crippen molar-refractivity contribution < 1.29 is 22.7 Å². The van der Waals surface area contributed by atoms with Gasteiger partial charge in [0.15, 0.2) is 0 Å². The number of aromatic nitrogens is 1. The highest BCUT2D eigenvalue weighted by atomic mass is 19.3. The molecule has 88 valence electrons. The van der Waals surface area contributed by atoms with Gasteiger partial charge in [-0.05, 0) is 12.5 Å². The summed E-state index contributed by atoms with van der Waals surface area (Å²) in [6.07, 6.45) is -3.19. The van der Waals surface area contributed by atoms with Gasteiger partial charge in [-0.3, -0.25) is 4.79 Å². The van der Waals surface area contributed by atoms with Crippen LogP contribution < -0.4 is 0 Å². The molecule has 6 heteroatoms. The molecule has 16 heavy (non-hydrogen) atoms. The van der Waals surface area contributed by atoms with Crippen LogP contribution in [0.15, 0.2) is 6.07 Å². The van der Waals surface area contributed by atoms with Gasteiger partial charge < -0.3 is 4.74 Å². The quantitative estimate of drug-likeness (QED) is 0.593. The maximum atomic E-state index is 12.8. The average Bonchev–Trinajstić information content (AvgIpc) is 2.20. The topological polar surface area (TPSA) is 39.2 Å². The van der Waals surface area contributed by atoms with Crippen molar-refractivity contribution in [2.75, 3.05) is 7.11 Å². The van der Waals surface area contributed by atoms with E-state index in [1.54, 1.807) is 0 Å². The summed E-state index contributed by atoms with van der Waals surface area (Å²) in [5.41, 5.74) is -0.431. The lowest BCUT2D eigenvalue weighted by Crippen LogP contribution is -2.10. The van der Waals surface area contributed by atoms with Crippen LogP contribution >= 0.6 is 0 Å². The van der Waals surface area contributed by atoms with Gasteiger partial charge in [-0.25, -0.2) is 13.8 Å². The first-order chi connectivity index (χ1) is 7.45. The molecule has 0 aliphatic heterocycles. The summed E-state index contributed by atoms with van der Waals surface area (Å²) >= 11 is 0. The zero-order valence-corrected chi connectivity index (χ0v) is 8.76. The van der Waals surface area contributed by atoms with Crippen LogP contribution in [0.2, 0.25) is 0 Å². The lowest BCUT2D eigenvalue weighted by molar-refractivity contribution is -0.139. The van der Waals surface area contributed by atoms with Gasteiger partial charge >= 0.3 is 5.97 Å². The Hall–Kier alpha value is -1.59. The minimum Gasteiger partial charge on any atom is -0.469 e. The molecule has 1 aromatic heterocycles. The second kappa shape index (κ2) is 4.96. The first-order valence-corrected chi connectivity index (χ1v) is 4.46. The number of hydrogen-bond acceptors (Lipinski definition) is 3. The van der Waals surface area contributed by atoms with Crippen molar-refractivity contribution in [3.8, 4) is 0 Å². The van der Waals surface area contributed by atoms with Crippen molar-refractivity contribution >= 4 is 5.97 Å². The molecule has 0 unspecified atom stereocenters. The first kappa shape index (κ1) is 12.5. The molecular weight excluding hydrogens is 223 g/mol. The SMILES string of the molecule is COC(=O)Cc1c(C(F)F)cc(F)nc1C. The van der Waals surface area contributed by atoms with Crippen LogP contribution in [0, 0.1) is 12.9 Å². The van der Waals surface area contributed by atoms with Crippen molar-refractivity contribution in [2.45, 2.75) is 19.8 Å². The number of carbonyl (C=O) groups excluding carboxylic acids is 1. The molecule has 0 fully saturated rings. The summed E-state index contributed by atoms with van der Waals surface area (Å²) in [5.74, 6) is -1.65. The van der Waals surface area contributed by atoms with Crippen LogP contribution in [-0.4, -0.2) is 18.1 Å². The lowest BCUT2D eigenvalue weighted by atomic mass is 10.0. The Bertz CT molecular complexity index is 407. The van der Waals surface area contributed by atoms with Crippen LogP contribution in [0.25, 0.3) is 0 Å². The lowest BCUT2D eigenvalue weighted by Gasteiger charge is -2.10. The van der Waals surface area contributed by atoms with E-state index < -0.39 is 23.9 Å². The number of carbonyl (C=O) groups is 1. The smallest absolute Gasteiger partial charge is 0.310 e. The number of hydrogen-bond donors (Lipinski definition) is 0. The predicted octanol–water partition coefficient (Wildman–Crippen LogP) is 2.18. The molecule has 0 spiro atoms. The van der Waals surface area contributed by atoms with E-state index in [1.165, 1.54) is 6.92 Å². The second-order valence-electron chi connectivity index (χ2n) is 3.15. The summed E-state index contributed by atoms with van der Waals surface area (Å²) in [6, 6.07) is 0.635. The Labute approximate surface area is 90.2 Å². The highest BCUT2D eigenvalue weighted by Crippen LogP contribution is 2.25. The maximum Gasteiger partial charge on any atom is 0.310 e. The van der Waals surface area contributed by atoms with Crippen LogP contribution in [-0.2, 0) is 16.0 Å². The number of nitrogens with zero attached hydrogens (tertiary/aromatic N) is 1. The normalized spacial score (nSPS) is 10.6. The fraction of sp³-hybridized carbons (Fsp3) is 0.400. The maximum absolute atomic E-state index is 12.8. The highest BCUT2D eigenvalue weighted by Gasteiger charge is 2.19. The third-order valence-corrected chi connectivity index (χ3v) is 2.12. The predicted molar refractivity (Wildman–Crippen MR) is 49.6 cm³/mol. The zero-order valence-electron chi connectivity index (χ0n) is 8.76. The van der Waals surface area contributed by atoms with E-state index in [-0.39, 0.29) is 17.7 Å². The molecule has 0 bridgehead atoms. The van der Waals surface area contributed by atoms with Crippen LogP contribution in [0.5, 0.6) is 0 Å². The van der Waals surface area contributed by atoms with Crippen molar-refractivity contribution in [3.63, 3.8) is 0 Å². The number of aryl methyl sites for hydroxylation is 1. The molecule has 1 heterocycles. The van der Waals surface area contributed by atoms with E-state index in [0.29, 0.717) is 6.07 Å². The van der Waals surface area contributed by atoms with E-state index in [0.717, 1.165) is 7.11 Å². The molecule has 0 aliphatic carbocycles. The number of alkyl halides is 2. The number of esters is 1. The minimum atomic E-state index is -2.85. The average molecular weight is 233 g/mol. The molecule has 1 rings (SSSR count). The molecule has 0 saturated carbocycles. The third-order valence-electron chi connectivity index (χ3n) is 2.12. The Kier molecular flexibility index (Phi) is 3.87. The Morgan fingerprint density at radius 2 is 2.19 bits per heavy atom. The van der Waals surface area contributed by atoms with Crippen molar-refractivity contribution in [2.24, 2.45) is 0 Å². The first-order valence-electron chi connectivity index (χ1n) is 4.46. The molecule has 1 aromatic rings. The number of pyridine rings is 1. The number of halogens is 3. The van der Waals surface area contributed by atoms with Gasteiger partial charge in [-0.2, -0.15) is 4.39 Å². The zero-order chi connectivity index (χ0) is 12.3. The van der Waals surface area contributed by atoms with Crippen molar-refractivity contribution in [1.29, 1.82) is 0 Å². The minimum absolute atomic E-state index is 0.0169. The molecule has 0 amide bonds. The summed E-state index contributed by atoms with van der Waals surface area (Å²) in [4.78, 5) is 14.4. The summed E-state index contributed by atoms with van der Waals surface area (Å²) in [6.45, 7) is 1.37. The van der Waals surface area contributed by atoms with Gasteiger partial charge in [-0.15, -0.1) is 0 Å². The van der Waals surface area contributed by atoms with Gasteiger partial charge in [0.1, 0.15) is 0 Å². The molecule has 0 aliphatic rings. The molecule has 3 nitrogen and oxygen atoms in total. The Morgan fingerprint density at radius 1 is 1.56 bits per heavy atom. The summed E-state index contributed by atoms with van der Waals surface area (Å²) in [5, 5.41) is 0. The van der Waals surface area contributed by atoms with Gasteiger partial charge in [0, 0.05) is 17.3 Å². The third kappa shape index (κ3) is 2.71.